The van der Waals surface area contributed by atoms with E-state index in [0.29, 0.717) is 18.9 Å². The van der Waals surface area contributed by atoms with E-state index in [9.17, 15) is 27.5 Å². The van der Waals surface area contributed by atoms with E-state index in [1.54, 1.807) is 0 Å². The van der Waals surface area contributed by atoms with Crippen molar-refractivity contribution in [3.05, 3.63) is 75.2 Å². The molecule has 4 N–H and O–H groups in total. The second kappa shape index (κ2) is 12.0. The number of amides is 1. The summed E-state index contributed by atoms with van der Waals surface area (Å²) >= 11 is 5.80. The first-order valence-electron chi connectivity index (χ1n) is 12.9. The standard InChI is InChI=1S/C29H27ClF6N4O3/c1-28(2,36)17-9-22(40-25(23(17)33)16-8-18(30)20(32)10-19(16)31)29(42,15-4-5-15)12-39-26(41)13-6-14(11-38-27(34)35)24(37)21(7-13)43-3/h6-11,15,27,42H,4-5,12,37H2,1-3H3,(H,39,41)/t29-/m1/s1. The minimum atomic E-state index is -3.02. The molecule has 1 aliphatic carbocycles. The van der Waals surface area contributed by atoms with Gasteiger partial charge in [-0.15, -0.1) is 0 Å². The number of carbonyl (C=O) groups excluding carboxylic acids is 1. The minimum Gasteiger partial charge on any atom is -0.495 e. The van der Waals surface area contributed by atoms with Crippen LogP contribution < -0.4 is 15.8 Å². The number of hydrogen-bond acceptors (Lipinski definition) is 6. The maximum atomic E-state index is 15.6. The molecule has 0 radical (unpaired) electrons. The first-order valence-corrected chi connectivity index (χ1v) is 13.3. The van der Waals surface area contributed by atoms with Gasteiger partial charge in [-0.1, -0.05) is 11.6 Å². The molecule has 1 heterocycles. The van der Waals surface area contributed by atoms with Crippen molar-refractivity contribution in [1.82, 2.24) is 10.3 Å². The lowest BCUT2D eigenvalue weighted by molar-refractivity contribution is 0.00916. The number of alkyl halides is 3. The van der Waals surface area contributed by atoms with Crippen molar-refractivity contribution >= 4 is 29.4 Å². The molecule has 230 valence electrons. The fourth-order valence-corrected chi connectivity index (χ4v) is 4.74. The van der Waals surface area contributed by atoms with Gasteiger partial charge in [0.05, 0.1) is 30.1 Å². The SMILES string of the molecule is COc1cc(C(=O)NC[C@](O)(c2cc(C(C)(C)F)c(F)c(-c3cc(Cl)c(F)cc3F)n2)C2CC2)cc(C=NC(F)F)c1N. The fourth-order valence-electron chi connectivity index (χ4n) is 4.58. The maximum absolute atomic E-state index is 15.6. The average molecular weight is 629 g/mol. The van der Waals surface area contributed by atoms with Gasteiger partial charge in [-0.05, 0) is 56.9 Å². The van der Waals surface area contributed by atoms with Gasteiger partial charge in [0.2, 0.25) is 0 Å². The first-order chi connectivity index (χ1) is 20.1. The van der Waals surface area contributed by atoms with Crippen LogP contribution >= 0.6 is 11.6 Å². The molecule has 1 atom stereocenters. The van der Waals surface area contributed by atoms with Gasteiger partial charge < -0.3 is 20.9 Å². The van der Waals surface area contributed by atoms with Crippen molar-refractivity contribution < 1.29 is 41.0 Å². The molecule has 0 aliphatic heterocycles. The number of anilines is 1. The van der Waals surface area contributed by atoms with E-state index in [1.807, 2.05) is 0 Å². The Kier molecular flexibility index (Phi) is 8.98. The summed E-state index contributed by atoms with van der Waals surface area (Å²) in [6, 6.07) is 4.67. The Labute approximate surface area is 247 Å². The van der Waals surface area contributed by atoms with Gasteiger partial charge in [0, 0.05) is 34.5 Å². The molecule has 0 saturated heterocycles. The lowest BCUT2D eigenvalue weighted by Gasteiger charge is -2.30. The van der Waals surface area contributed by atoms with Crippen molar-refractivity contribution in [2.75, 3.05) is 19.4 Å². The van der Waals surface area contributed by atoms with Gasteiger partial charge in [-0.2, -0.15) is 8.78 Å². The van der Waals surface area contributed by atoms with E-state index in [0.717, 1.165) is 32.2 Å². The van der Waals surface area contributed by atoms with Gasteiger partial charge in [0.15, 0.2) is 5.82 Å². The van der Waals surface area contributed by atoms with Crippen molar-refractivity contribution in [2.45, 2.75) is 44.5 Å². The number of ether oxygens (including phenoxy) is 1. The molecule has 2 aromatic carbocycles. The van der Waals surface area contributed by atoms with E-state index in [1.165, 1.54) is 19.2 Å². The topological polar surface area (TPSA) is 110 Å². The van der Waals surface area contributed by atoms with Gasteiger partial charge in [0.25, 0.3) is 5.91 Å². The third-order valence-corrected chi connectivity index (χ3v) is 7.35. The van der Waals surface area contributed by atoms with Gasteiger partial charge in [0.1, 0.15) is 34.3 Å². The number of aromatic nitrogens is 1. The number of pyridine rings is 1. The Bertz CT molecular complexity index is 1590. The Hall–Kier alpha value is -3.84. The van der Waals surface area contributed by atoms with Crippen LogP contribution in [-0.2, 0) is 11.3 Å². The van der Waals surface area contributed by atoms with Crippen LogP contribution in [0.2, 0.25) is 5.02 Å². The highest BCUT2D eigenvalue weighted by molar-refractivity contribution is 6.31. The summed E-state index contributed by atoms with van der Waals surface area (Å²) in [5, 5.41) is 13.8. The molecule has 1 fully saturated rings. The third kappa shape index (κ3) is 6.72. The quantitative estimate of drug-likeness (QED) is 0.0805. The molecule has 1 aliphatic rings. The number of halogens is 7. The first kappa shape index (κ1) is 32.1. The largest absolute Gasteiger partial charge is 0.495 e. The van der Waals surface area contributed by atoms with E-state index in [2.05, 4.69) is 15.3 Å². The summed E-state index contributed by atoms with van der Waals surface area (Å²) in [7, 11) is 1.26. The normalized spacial score (nSPS) is 15.2. The Balaban J connectivity index is 1.76. The third-order valence-electron chi connectivity index (χ3n) is 7.06. The molecule has 1 amide bonds. The smallest absolute Gasteiger partial charge is 0.331 e. The zero-order valence-electron chi connectivity index (χ0n) is 23.1. The van der Waals surface area contributed by atoms with Crippen LogP contribution in [-0.4, -0.2) is 42.4 Å². The van der Waals surface area contributed by atoms with Gasteiger partial charge >= 0.3 is 6.55 Å². The van der Waals surface area contributed by atoms with Crippen LogP contribution in [0.1, 0.15) is 53.9 Å². The molecule has 4 rings (SSSR count). The average Bonchev–Trinajstić information content (AvgIpc) is 3.79. The van der Waals surface area contributed by atoms with Crippen LogP contribution in [0.15, 0.2) is 35.3 Å². The number of carbonyl (C=O) groups is 1. The molecule has 14 heteroatoms. The molecule has 0 unspecified atom stereocenters. The minimum absolute atomic E-state index is 0.000434. The highest BCUT2D eigenvalue weighted by Gasteiger charge is 2.47. The predicted molar refractivity (Wildman–Crippen MR) is 149 cm³/mol. The molecule has 1 aromatic heterocycles. The number of methoxy groups -OCH3 is 1. The summed E-state index contributed by atoms with van der Waals surface area (Å²) in [5.74, 6) is -4.86. The summed E-state index contributed by atoms with van der Waals surface area (Å²) in [4.78, 5) is 20.3. The molecular weight excluding hydrogens is 602 g/mol. The van der Waals surface area contributed by atoms with Crippen molar-refractivity contribution in [3.63, 3.8) is 0 Å². The number of aliphatic imine (C=N–C) groups is 1. The van der Waals surface area contributed by atoms with Crippen LogP contribution in [0.25, 0.3) is 11.3 Å². The highest BCUT2D eigenvalue weighted by Crippen LogP contribution is 2.47. The van der Waals surface area contributed by atoms with E-state index < -0.39 is 75.5 Å². The van der Waals surface area contributed by atoms with Crippen molar-refractivity contribution in [1.29, 1.82) is 0 Å². The van der Waals surface area contributed by atoms with E-state index >= 15 is 8.78 Å². The summed E-state index contributed by atoms with van der Waals surface area (Å²) < 4.78 is 89.9. The van der Waals surface area contributed by atoms with Crippen LogP contribution in [0.4, 0.5) is 32.0 Å². The number of aliphatic hydroxyl groups is 1. The van der Waals surface area contributed by atoms with Crippen LogP contribution in [0.5, 0.6) is 5.75 Å². The van der Waals surface area contributed by atoms with Gasteiger partial charge in [-0.3, -0.25) is 4.79 Å². The number of nitrogens with zero attached hydrogens (tertiary/aromatic N) is 2. The Morgan fingerprint density at radius 2 is 1.88 bits per heavy atom. The van der Waals surface area contributed by atoms with Crippen molar-refractivity contribution in [3.8, 4) is 17.0 Å². The zero-order valence-corrected chi connectivity index (χ0v) is 23.9. The van der Waals surface area contributed by atoms with Crippen LogP contribution in [0, 0.1) is 23.4 Å². The lowest BCUT2D eigenvalue weighted by atomic mass is 9.88. The molecule has 0 bridgehead atoms. The zero-order chi connectivity index (χ0) is 31.9. The van der Waals surface area contributed by atoms with E-state index in [-0.39, 0.29) is 28.3 Å². The Morgan fingerprint density at radius 3 is 2.47 bits per heavy atom. The number of nitrogens with two attached hydrogens (primary N) is 1. The number of rotatable bonds is 10. The molecule has 1 saturated carbocycles. The lowest BCUT2D eigenvalue weighted by Crippen LogP contribution is -2.43. The number of nitrogens with one attached hydrogen (secondary N) is 1. The summed E-state index contributed by atoms with van der Waals surface area (Å²) in [5.41, 5.74) is -0.681. The molecule has 43 heavy (non-hydrogen) atoms. The highest BCUT2D eigenvalue weighted by atomic mass is 35.5. The predicted octanol–water partition coefficient (Wildman–Crippen LogP) is 6.28. The second-order valence-electron chi connectivity index (χ2n) is 10.6. The summed E-state index contributed by atoms with van der Waals surface area (Å²) in [6.07, 6.45) is 1.72. The summed E-state index contributed by atoms with van der Waals surface area (Å²) in [6.45, 7) is -1.44. The Morgan fingerprint density at radius 1 is 1.21 bits per heavy atom. The molecular formula is C29H27ClF6N4O3. The fraction of sp³-hybridized carbons (Fsp3) is 0.345. The monoisotopic (exact) mass is 628 g/mol. The van der Waals surface area contributed by atoms with Crippen molar-refractivity contribution in [2.24, 2.45) is 10.9 Å². The van der Waals surface area contributed by atoms with Crippen LogP contribution in [0.3, 0.4) is 0 Å². The second-order valence-corrected chi connectivity index (χ2v) is 11.0. The molecule has 0 spiro atoms. The number of benzene rings is 2. The number of hydrogen-bond donors (Lipinski definition) is 3. The molecule has 7 nitrogen and oxygen atoms in total. The van der Waals surface area contributed by atoms with E-state index in [4.69, 9.17) is 22.1 Å². The molecule has 3 aromatic rings. The maximum Gasteiger partial charge on any atom is 0.331 e. The number of nitrogen functional groups attached to an aromatic ring is 1. The van der Waals surface area contributed by atoms with Gasteiger partial charge in [-0.25, -0.2) is 27.5 Å².